The van der Waals surface area contributed by atoms with Crippen LogP contribution in [-0.2, 0) is 4.79 Å². The van der Waals surface area contributed by atoms with Gasteiger partial charge >= 0.3 is 0 Å². The predicted octanol–water partition coefficient (Wildman–Crippen LogP) is 3.06. The average Bonchev–Trinajstić information content (AvgIpc) is 2.56. The van der Waals surface area contributed by atoms with Crippen LogP contribution >= 0.6 is 0 Å². The molecule has 2 heteroatoms. The summed E-state index contributed by atoms with van der Waals surface area (Å²) < 4.78 is 5.29. The maximum atomic E-state index is 11.4. The molecule has 1 heterocycles. The van der Waals surface area contributed by atoms with Crippen molar-refractivity contribution in [2.45, 2.75) is 39.0 Å². The molecule has 1 saturated carbocycles. The van der Waals surface area contributed by atoms with Gasteiger partial charge in [0.2, 0.25) is 0 Å². The van der Waals surface area contributed by atoms with E-state index in [1.807, 2.05) is 6.92 Å². The van der Waals surface area contributed by atoms with E-state index in [9.17, 15) is 4.79 Å². The van der Waals surface area contributed by atoms with Gasteiger partial charge in [-0.1, -0.05) is 6.92 Å². The third-order valence-corrected chi connectivity index (χ3v) is 3.19. The van der Waals surface area contributed by atoms with Gasteiger partial charge in [0.25, 0.3) is 0 Å². The summed E-state index contributed by atoms with van der Waals surface area (Å²) in [6.07, 6.45) is 4.28. The molecule has 76 valence electrons. The van der Waals surface area contributed by atoms with E-state index in [4.69, 9.17) is 4.42 Å². The number of aryl methyl sites for hydroxylation is 1. The van der Waals surface area contributed by atoms with Crippen LogP contribution in [0.2, 0.25) is 0 Å². The number of furan rings is 1. The van der Waals surface area contributed by atoms with E-state index in [0.29, 0.717) is 24.0 Å². The molecular weight excluding hydrogens is 176 g/mol. The van der Waals surface area contributed by atoms with Crippen molar-refractivity contribution in [1.82, 2.24) is 0 Å². The van der Waals surface area contributed by atoms with Crippen LogP contribution < -0.4 is 0 Å². The molecule has 2 rings (SSSR count). The van der Waals surface area contributed by atoms with Crippen LogP contribution in [-0.4, -0.2) is 5.78 Å². The number of ketones is 1. The van der Waals surface area contributed by atoms with Crippen molar-refractivity contribution in [2.24, 2.45) is 5.92 Å². The largest absolute Gasteiger partial charge is 0.469 e. The zero-order valence-electron chi connectivity index (χ0n) is 8.75. The lowest BCUT2D eigenvalue weighted by Crippen LogP contribution is -2.20. The SMILES string of the molecule is Cc1cc(C2CC(=O)CCC2C)co1. The van der Waals surface area contributed by atoms with E-state index in [0.717, 1.165) is 18.6 Å². The molecule has 0 aromatic carbocycles. The average molecular weight is 192 g/mol. The van der Waals surface area contributed by atoms with Gasteiger partial charge in [-0.15, -0.1) is 0 Å². The fourth-order valence-corrected chi connectivity index (χ4v) is 2.24. The lowest BCUT2D eigenvalue weighted by atomic mass is 9.77. The Morgan fingerprint density at radius 2 is 2.29 bits per heavy atom. The Bertz CT molecular complexity index is 338. The minimum Gasteiger partial charge on any atom is -0.469 e. The number of hydrogen-bond donors (Lipinski definition) is 0. The van der Waals surface area contributed by atoms with E-state index in [2.05, 4.69) is 13.0 Å². The van der Waals surface area contributed by atoms with Crippen molar-refractivity contribution in [2.75, 3.05) is 0 Å². The zero-order chi connectivity index (χ0) is 10.1. The standard InChI is InChI=1S/C12H16O2/c1-8-3-4-11(13)6-12(8)10-5-9(2)14-7-10/h5,7-8,12H,3-4,6H2,1-2H3. The van der Waals surface area contributed by atoms with Crippen LogP contribution in [0, 0.1) is 12.8 Å². The van der Waals surface area contributed by atoms with Gasteiger partial charge in [0, 0.05) is 12.8 Å². The van der Waals surface area contributed by atoms with E-state index in [1.165, 1.54) is 5.56 Å². The summed E-state index contributed by atoms with van der Waals surface area (Å²) in [6.45, 7) is 4.16. The third-order valence-electron chi connectivity index (χ3n) is 3.19. The fraction of sp³-hybridized carbons (Fsp3) is 0.583. The van der Waals surface area contributed by atoms with Crippen LogP contribution in [0.4, 0.5) is 0 Å². The number of rotatable bonds is 1. The fourth-order valence-electron chi connectivity index (χ4n) is 2.24. The van der Waals surface area contributed by atoms with E-state index < -0.39 is 0 Å². The highest BCUT2D eigenvalue weighted by Gasteiger charge is 2.28. The van der Waals surface area contributed by atoms with Gasteiger partial charge < -0.3 is 4.42 Å². The Morgan fingerprint density at radius 1 is 1.50 bits per heavy atom. The van der Waals surface area contributed by atoms with Crippen LogP contribution in [0.15, 0.2) is 16.7 Å². The van der Waals surface area contributed by atoms with Gasteiger partial charge in [-0.05, 0) is 36.8 Å². The molecule has 14 heavy (non-hydrogen) atoms. The maximum absolute atomic E-state index is 11.4. The first-order valence-electron chi connectivity index (χ1n) is 5.23. The van der Waals surface area contributed by atoms with Gasteiger partial charge in [-0.25, -0.2) is 0 Å². The summed E-state index contributed by atoms with van der Waals surface area (Å²) in [5.74, 6) is 2.32. The van der Waals surface area contributed by atoms with Crippen molar-refractivity contribution < 1.29 is 9.21 Å². The highest BCUT2D eigenvalue weighted by atomic mass is 16.3. The third kappa shape index (κ3) is 1.74. The number of Topliss-reactive ketones (excluding diaryl/α,β-unsaturated/α-hetero) is 1. The molecule has 1 fully saturated rings. The Hall–Kier alpha value is -1.05. The van der Waals surface area contributed by atoms with Gasteiger partial charge in [-0.3, -0.25) is 4.79 Å². The van der Waals surface area contributed by atoms with Gasteiger partial charge in [0.15, 0.2) is 0 Å². The molecule has 1 aromatic heterocycles. The van der Waals surface area contributed by atoms with E-state index >= 15 is 0 Å². The molecule has 1 aliphatic rings. The van der Waals surface area contributed by atoms with Crippen LogP contribution in [0.1, 0.15) is 43.4 Å². The molecule has 0 N–H and O–H groups in total. The molecular formula is C12H16O2. The summed E-state index contributed by atoms with van der Waals surface area (Å²) in [6, 6.07) is 2.06. The minimum absolute atomic E-state index is 0.383. The highest BCUT2D eigenvalue weighted by molar-refractivity contribution is 5.80. The van der Waals surface area contributed by atoms with E-state index in [1.54, 1.807) is 6.26 Å². The van der Waals surface area contributed by atoms with Crippen molar-refractivity contribution >= 4 is 5.78 Å². The van der Waals surface area contributed by atoms with E-state index in [-0.39, 0.29) is 0 Å². The topological polar surface area (TPSA) is 30.2 Å². The Kier molecular flexibility index (Phi) is 2.44. The number of hydrogen-bond acceptors (Lipinski definition) is 2. The second-order valence-electron chi connectivity index (χ2n) is 4.36. The van der Waals surface area contributed by atoms with Gasteiger partial charge in [0.1, 0.15) is 11.5 Å². The van der Waals surface area contributed by atoms with Crippen molar-refractivity contribution in [3.8, 4) is 0 Å². The molecule has 2 nitrogen and oxygen atoms in total. The molecule has 0 amide bonds. The molecule has 0 radical (unpaired) electrons. The Balaban J connectivity index is 2.19. The predicted molar refractivity (Wildman–Crippen MR) is 54.2 cm³/mol. The molecule has 1 aliphatic carbocycles. The molecule has 1 aromatic rings. The molecule has 0 saturated heterocycles. The van der Waals surface area contributed by atoms with Crippen LogP contribution in [0.5, 0.6) is 0 Å². The lowest BCUT2D eigenvalue weighted by molar-refractivity contribution is -0.121. The molecule has 0 bridgehead atoms. The smallest absolute Gasteiger partial charge is 0.133 e. The zero-order valence-corrected chi connectivity index (χ0v) is 8.75. The first-order chi connectivity index (χ1) is 6.66. The Morgan fingerprint density at radius 3 is 2.93 bits per heavy atom. The lowest BCUT2D eigenvalue weighted by Gasteiger charge is -2.26. The van der Waals surface area contributed by atoms with Gasteiger partial charge in [0.05, 0.1) is 6.26 Å². The number of carbonyl (C=O) groups excluding carboxylic acids is 1. The number of carbonyl (C=O) groups is 1. The quantitative estimate of drug-likeness (QED) is 0.684. The molecule has 2 atom stereocenters. The van der Waals surface area contributed by atoms with Gasteiger partial charge in [-0.2, -0.15) is 0 Å². The first kappa shape index (κ1) is 9.50. The van der Waals surface area contributed by atoms with Crippen LogP contribution in [0.25, 0.3) is 0 Å². The second-order valence-corrected chi connectivity index (χ2v) is 4.36. The molecule has 0 aliphatic heterocycles. The maximum Gasteiger partial charge on any atom is 0.133 e. The Labute approximate surface area is 84.3 Å². The van der Waals surface area contributed by atoms with Crippen LogP contribution in [0.3, 0.4) is 0 Å². The van der Waals surface area contributed by atoms with Crippen molar-refractivity contribution in [3.63, 3.8) is 0 Å². The van der Waals surface area contributed by atoms with Crippen molar-refractivity contribution in [1.29, 1.82) is 0 Å². The first-order valence-corrected chi connectivity index (χ1v) is 5.23. The monoisotopic (exact) mass is 192 g/mol. The summed E-state index contributed by atoms with van der Waals surface area (Å²) in [5, 5.41) is 0. The second kappa shape index (κ2) is 3.60. The summed E-state index contributed by atoms with van der Waals surface area (Å²) in [4.78, 5) is 11.4. The summed E-state index contributed by atoms with van der Waals surface area (Å²) in [5.41, 5.74) is 1.20. The normalized spacial score (nSPS) is 28.0. The summed E-state index contributed by atoms with van der Waals surface area (Å²) >= 11 is 0. The molecule has 0 spiro atoms. The minimum atomic E-state index is 0.383. The molecule has 2 unspecified atom stereocenters. The highest BCUT2D eigenvalue weighted by Crippen LogP contribution is 2.36. The summed E-state index contributed by atoms with van der Waals surface area (Å²) in [7, 11) is 0. The van der Waals surface area contributed by atoms with Crippen molar-refractivity contribution in [3.05, 3.63) is 23.7 Å².